The van der Waals surface area contributed by atoms with Gasteiger partial charge in [-0.2, -0.15) is 0 Å². The maximum atomic E-state index is 11.2. The first kappa shape index (κ1) is 16.6. The number of thioether (sulfide) groups is 1. The Morgan fingerprint density at radius 1 is 1.41 bits per heavy atom. The van der Waals surface area contributed by atoms with Crippen molar-refractivity contribution in [1.29, 1.82) is 0 Å². The van der Waals surface area contributed by atoms with E-state index in [2.05, 4.69) is 50.9 Å². The van der Waals surface area contributed by atoms with Crippen LogP contribution < -0.4 is 5.32 Å². The zero-order valence-electron chi connectivity index (χ0n) is 13.2. The molecule has 0 aliphatic carbocycles. The molecule has 22 heavy (non-hydrogen) atoms. The van der Waals surface area contributed by atoms with Crippen LogP contribution >= 0.6 is 11.8 Å². The molecule has 0 spiro atoms. The highest BCUT2D eigenvalue weighted by atomic mass is 32.2. The Balaban J connectivity index is 1.99. The predicted octanol–water partition coefficient (Wildman–Crippen LogP) is 3.18. The summed E-state index contributed by atoms with van der Waals surface area (Å²) in [6.07, 6.45) is -0.534. The molecular weight excluding hydrogens is 300 g/mol. The van der Waals surface area contributed by atoms with Crippen molar-refractivity contribution in [2.75, 3.05) is 37.8 Å². The fraction of sp³-hybridized carbons (Fsp3) is 0.467. The van der Waals surface area contributed by atoms with Crippen molar-refractivity contribution >= 4 is 34.8 Å². The zero-order chi connectivity index (χ0) is 15.9. The van der Waals surface area contributed by atoms with E-state index in [1.807, 2.05) is 17.8 Å². The van der Waals surface area contributed by atoms with Crippen LogP contribution in [-0.4, -0.2) is 53.5 Å². The Bertz CT molecular complexity index is 625. The zero-order valence-corrected chi connectivity index (χ0v) is 14.0. The number of ether oxygens (including phenoxy) is 1. The number of methoxy groups -OCH3 is 1. The van der Waals surface area contributed by atoms with Gasteiger partial charge in [0.05, 0.1) is 18.1 Å². The largest absolute Gasteiger partial charge is 0.453 e. The van der Waals surface area contributed by atoms with Crippen LogP contribution in [0.5, 0.6) is 0 Å². The molecule has 120 valence electrons. The first-order chi connectivity index (χ1) is 10.7. The highest BCUT2D eigenvalue weighted by Crippen LogP contribution is 2.23. The van der Waals surface area contributed by atoms with Gasteiger partial charge in [0.15, 0.2) is 0 Å². The molecule has 0 saturated heterocycles. The number of H-pyrrole nitrogens is 1. The molecule has 0 radical (unpaired) electrons. The van der Waals surface area contributed by atoms with Gasteiger partial charge in [-0.15, -0.1) is 11.8 Å². The average Bonchev–Trinajstić information content (AvgIpc) is 2.92. The summed E-state index contributed by atoms with van der Waals surface area (Å²) in [6.45, 7) is 7.60. The molecular formula is C15H22N4O2S. The molecule has 1 aromatic heterocycles. The third-order valence-electron chi connectivity index (χ3n) is 3.43. The summed E-state index contributed by atoms with van der Waals surface area (Å²) in [7, 11) is 1.32. The minimum absolute atomic E-state index is 0.396. The van der Waals surface area contributed by atoms with E-state index in [0.717, 1.165) is 36.4 Å². The molecule has 0 aliphatic heterocycles. The number of fused-ring (bicyclic) bond motifs is 1. The van der Waals surface area contributed by atoms with Gasteiger partial charge in [0.2, 0.25) is 5.95 Å². The number of imidazole rings is 1. The molecule has 7 heteroatoms. The number of nitrogens with one attached hydrogen (secondary N) is 2. The fourth-order valence-electron chi connectivity index (χ4n) is 2.12. The summed E-state index contributed by atoms with van der Waals surface area (Å²) in [5, 5.41) is 2.53. The Kier molecular flexibility index (Phi) is 6.09. The van der Waals surface area contributed by atoms with Gasteiger partial charge in [0.1, 0.15) is 0 Å². The summed E-state index contributed by atoms with van der Waals surface area (Å²) < 4.78 is 4.55. The first-order valence-electron chi connectivity index (χ1n) is 7.36. The van der Waals surface area contributed by atoms with Gasteiger partial charge in [0.25, 0.3) is 0 Å². The van der Waals surface area contributed by atoms with Crippen molar-refractivity contribution in [2.24, 2.45) is 0 Å². The molecule has 1 amide bonds. The highest BCUT2D eigenvalue weighted by molar-refractivity contribution is 7.99. The van der Waals surface area contributed by atoms with E-state index < -0.39 is 6.09 Å². The topological polar surface area (TPSA) is 70.2 Å². The lowest BCUT2D eigenvalue weighted by Gasteiger charge is -2.17. The maximum absolute atomic E-state index is 11.2. The van der Waals surface area contributed by atoms with Gasteiger partial charge in [-0.1, -0.05) is 13.8 Å². The van der Waals surface area contributed by atoms with Crippen LogP contribution in [-0.2, 0) is 4.74 Å². The lowest BCUT2D eigenvalue weighted by molar-refractivity contribution is 0.186. The molecule has 0 unspecified atom stereocenters. The van der Waals surface area contributed by atoms with Crippen molar-refractivity contribution < 1.29 is 9.53 Å². The SMILES string of the molecule is CCN(CC)CCSc1ccc2nc(NC(=O)OC)[nH]c2c1. The van der Waals surface area contributed by atoms with E-state index in [1.54, 1.807) is 0 Å². The molecule has 0 fully saturated rings. The highest BCUT2D eigenvalue weighted by Gasteiger charge is 2.07. The van der Waals surface area contributed by atoms with Crippen molar-refractivity contribution in [1.82, 2.24) is 14.9 Å². The molecule has 6 nitrogen and oxygen atoms in total. The molecule has 2 rings (SSSR count). The summed E-state index contributed by atoms with van der Waals surface area (Å²) in [4.78, 5) is 22.1. The number of amides is 1. The van der Waals surface area contributed by atoms with Crippen LogP contribution in [0, 0.1) is 0 Å². The number of hydrogen-bond donors (Lipinski definition) is 2. The normalized spacial score (nSPS) is 11.1. The molecule has 1 aromatic carbocycles. The number of aromatic nitrogens is 2. The minimum Gasteiger partial charge on any atom is -0.453 e. The Labute approximate surface area is 134 Å². The number of anilines is 1. The Hall–Kier alpha value is -1.73. The number of carbonyl (C=O) groups excluding carboxylic acids is 1. The summed E-state index contributed by atoms with van der Waals surface area (Å²) in [5.74, 6) is 1.45. The molecule has 0 saturated carbocycles. The predicted molar refractivity (Wildman–Crippen MR) is 90.6 cm³/mol. The Morgan fingerprint density at radius 2 is 2.18 bits per heavy atom. The van der Waals surface area contributed by atoms with E-state index >= 15 is 0 Å². The first-order valence-corrected chi connectivity index (χ1v) is 8.34. The fourth-order valence-corrected chi connectivity index (χ4v) is 3.07. The monoisotopic (exact) mass is 322 g/mol. The maximum Gasteiger partial charge on any atom is 0.413 e. The van der Waals surface area contributed by atoms with Crippen molar-refractivity contribution in [3.8, 4) is 0 Å². The number of carbonyl (C=O) groups is 1. The second-order valence-electron chi connectivity index (χ2n) is 4.76. The van der Waals surface area contributed by atoms with Crippen LogP contribution in [0.1, 0.15) is 13.8 Å². The molecule has 2 aromatic rings. The average molecular weight is 322 g/mol. The van der Waals surface area contributed by atoms with Gasteiger partial charge in [-0.05, 0) is 31.3 Å². The van der Waals surface area contributed by atoms with E-state index in [4.69, 9.17) is 0 Å². The number of rotatable bonds is 7. The minimum atomic E-state index is -0.534. The van der Waals surface area contributed by atoms with E-state index in [9.17, 15) is 4.79 Å². The summed E-state index contributed by atoms with van der Waals surface area (Å²) >= 11 is 1.82. The van der Waals surface area contributed by atoms with E-state index in [1.165, 1.54) is 12.0 Å². The molecule has 1 heterocycles. The summed E-state index contributed by atoms with van der Waals surface area (Å²) in [6, 6.07) is 6.06. The van der Waals surface area contributed by atoms with E-state index in [0.29, 0.717) is 5.95 Å². The van der Waals surface area contributed by atoms with Crippen LogP contribution in [0.4, 0.5) is 10.7 Å². The van der Waals surface area contributed by atoms with Crippen LogP contribution in [0.25, 0.3) is 11.0 Å². The van der Waals surface area contributed by atoms with Crippen molar-refractivity contribution in [3.63, 3.8) is 0 Å². The molecule has 2 N–H and O–H groups in total. The number of hydrogen-bond acceptors (Lipinski definition) is 5. The van der Waals surface area contributed by atoms with Gasteiger partial charge in [-0.25, -0.2) is 9.78 Å². The lowest BCUT2D eigenvalue weighted by Crippen LogP contribution is -2.25. The van der Waals surface area contributed by atoms with Gasteiger partial charge >= 0.3 is 6.09 Å². The van der Waals surface area contributed by atoms with Crippen LogP contribution in [0.15, 0.2) is 23.1 Å². The van der Waals surface area contributed by atoms with Crippen molar-refractivity contribution in [2.45, 2.75) is 18.7 Å². The van der Waals surface area contributed by atoms with Crippen molar-refractivity contribution in [3.05, 3.63) is 18.2 Å². The smallest absolute Gasteiger partial charge is 0.413 e. The molecule has 0 bridgehead atoms. The van der Waals surface area contributed by atoms with Crippen LogP contribution in [0.3, 0.4) is 0 Å². The second kappa shape index (κ2) is 8.05. The van der Waals surface area contributed by atoms with E-state index in [-0.39, 0.29) is 0 Å². The third-order valence-corrected chi connectivity index (χ3v) is 4.40. The van der Waals surface area contributed by atoms with Gasteiger partial charge in [0, 0.05) is 17.2 Å². The number of aromatic amines is 1. The van der Waals surface area contributed by atoms with Crippen LogP contribution in [0.2, 0.25) is 0 Å². The lowest BCUT2D eigenvalue weighted by atomic mass is 10.3. The number of nitrogens with zero attached hydrogens (tertiary/aromatic N) is 2. The third kappa shape index (κ3) is 4.38. The molecule has 0 aliphatic rings. The second-order valence-corrected chi connectivity index (χ2v) is 5.92. The molecule has 0 atom stereocenters. The Morgan fingerprint density at radius 3 is 2.86 bits per heavy atom. The quantitative estimate of drug-likeness (QED) is 0.766. The van der Waals surface area contributed by atoms with Gasteiger partial charge in [-0.3, -0.25) is 5.32 Å². The summed E-state index contributed by atoms with van der Waals surface area (Å²) in [5.41, 5.74) is 1.72. The standard InChI is InChI=1S/C15H22N4O2S/c1-4-19(5-2)8-9-22-11-6-7-12-13(10-11)17-14(16-12)18-15(20)21-3/h6-7,10H,4-5,8-9H2,1-3H3,(H2,16,17,18,20). The van der Waals surface area contributed by atoms with Gasteiger partial charge < -0.3 is 14.6 Å². The number of benzene rings is 1.